The van der Waals surface area contributed by atoms with E-state index in [9.17, 15) is 4.79 Å². The molecule has 4 heteroatoms. The van der Waals surface area contributed by atoms with Crippen molar-refractivity contribution in [2.45, 2.75) is 26.7 Å². The topological polar surface area (TPSA) is 33.2 Å². The third-order valence-corrected chi connectivity index (χ3v) is 4.87. The first-order chi connectivity index (χ1) is 9.46. The minimum Gasteiger partial charge on any atom is -0.321 e. The summed E-state index contributed by atoms with van der Waals surface area (Å²) >= 11 is 1.51. The molecule has 2 aromatic rings. The van der Waals surface area contributed by atoms with Gasteiger partial charge >= 0.3 is 0 Å². The van der Waals surface area contributed by atoms with Crippen LogP contribution in [0.5, 0.6) is 0 Å². The van der Waals surface area contributed by atoms with Gasteiger partial charge in [0.2, 0.25) is 0 Å². The molecule has 0 unspecified atom stereocenters. The molecule has 1 heterocycles. The van der Waals surface area contributed by atoms with E-state index in [-0.39, 0.29) is 11.2 Å². The molecule has 0 amide bonds. The molecule has 20 heavy (non-hydrogen) atoms. The van der Waals surface area contributed by atoms with E-state index in [1.54, 1.807) is 0 Å². The predicted octanol–water partition coefficient (Wildman–Crippen LogP) is 4.07. The predicted molar refractivity (Wildman–Crippen MR) is 83.1 cm³/mol. The van der Waals surface area contributed by atoms with Crippen molar-refractivity contribution in [1.29, 1.82) is 0 Å². The average Bonchev–Trinajstić information content (AvgIpc) is 2.81. The van der Waals surface area contributed by atoms with Crippen LogP contribution in [0.3, 0.4) is 0 Å². The fourth-order valence-corrected chi connectivity index (χ4v) is 3.62. The Morgan fingerprint density at radius 3 is 2.60 bits per heavy atom. The van der Waals surface area contributed by atoms with Gasteiger partial charge in [0.15, 0.2) is 10.9 Å². The average molecular weight is 286 g/mol. The molecule has 0 radical (unpaired) electrons. The maximum Gasteiger partial charge on any atom is 0.190 e. The number of nitrogens with zero attached hydrogens (tertiary/aromatic N) is 2. The van der Waals surface area contributed by atoms with Gasteiger partial charge in [0.05, 0.1) is 10.6 Å². The highest BCUT2D eigenvalue weighted by atomic mass is 32.1. The number of carbonyl (C=O) groups excluding carboxylic acids is 1. The fraction of sp³-hybridized carbons (Fsp3) is 0.375. The van der Waals surface area contributed by atoms with Gasteiger partial charge in [0.1, 0.15) is 0 Å². The van der Waals surface area contributed by atoms with Gasteiger partial charge in [-0.25, -0.2) is 4.98 Å². The number of hydrogen-bond acceptors (Lipinski definition) is 4. The lowest BCUT2D eigenvalue weighted by molar-refractivity contribution is 0.0916. The Bertz CT molecular complexity index is 646. The van der Waals surface area contributed by atoms with Crippen molar-refractivity contribution in [3.05, 3.63) is 40.9 Å². The van der Waals surface area contributed by atoms with Crippen molar-refractivity contribution in [2.75, 3.05) is 11.9 Å². The van der Waals surface area contributed by atoms with Gasteiger partial charge in [-0.05, 0) is 24.0 Å². The van der Waals surface area contributed by atoms with Gasteiger partial charge < -0.3 is 4.90 Å². The number of rotatable bonds is 2. The smallest absolute Gasteiger partial charge is 0.190 e. The highest BCUT2D eigenvalue weighted by molar-refractivity contribution is 7.17. The fourth-order valence-electron chi connectivity index (χ4n) is 2.61. The number of carbonyl (C=O) groups is 1. The number of para-hydroxylation sites is 1. The summed E-state index contributed by atoms with van der Waals surface area (Å²) in [5.41, 5.74) is 2.08. The Kier molecular flexibility index (Phi) is 3.13. The lowest BCUT2D eigenvalue weighted by atomic mass is 9.78. The van der Waals surface area contributed by atoms with Crippen LogP contribution in [-0.2, 0) is 6.42 Å². The van der Waals surface area contributed by atoms with E-state index in [2.05, 4.69) is 13.8 Å². The molecule has 3 rings (SSSR count). The van der Waals surface area contributed by atoms with Gasteiger partial charge in [-0.3, -0.25) is 4.79 Å². The summed E-state index contributed by atoms with van der Waals surface area (Å²) in [7, 11) is 2.00. The molecule has 0 atom stereocenters. The Morgan fingerprint density at radius 2 is 1.90 bits per heavy atom. The van der Waals surface area contributed by atoms with E-state index in [0.29, 0.717) is 6.42 Å². The monoisotopic (exact) mass is 286 g/mol. The normalized spacial score (nSPS) is 16.9. The van der Waals surface area contributed by atoms with E-state index in [0.717, 1.165) is 27.8 Å². The van der Waals surface area contributed by atoms with E-state index in [1.165, 1.54) is 11.3 Å². The molecule has 0 saturated carbocycles. The highest BCUT2D eigenvalue weighted by Gasteiger charge is 2.34. The molecule has 1 aromatic carbocycles. The Hall–Kier alpha value is -1.68. The number of Topliss-reactive ketones (excluding diaryl/α,β-unsaturated/α-hetero) is 1. The van der Waals surface area contributed by atoms with Crippen LogP contribution in [0.15, 0.2) is 30.3 Å². The second kappa shape index (κ2) is 4.70. The molecule has 0 fully saturated rings. The molecule has 1 aliphatic rings. The van der Waals surface area contributed by atoms with Crippen LogP contribution in [0.1, 0.15) is 35.6 Å². The Labute approximate surface area is 123 Å². The van der Waals surface area contributed by atoms with Gasteiger partial charge in [-0.2, -0.15) is 0 Å². The third kappa shape index (κ3) is 2.36. The largest absolute Gasteiger partial charge is 0.321 e. The standard InChI is InChI=1S/C16H18N2OS/c1-16(2)9-12-14(13(19)10-16)20-15(17-12)18(3)11-7-5-4-6-8-11/h4-8H,9-10H2,1-3H3. The van der Waals surface area contributed by atoms with E-state index in [1.807, 2.05) is 42.3 Å². The van der Waals surface area contributed by atoms with Crippen LogP contribution in [0, 0.1) is 5.41 Å². The molecule has 1 aliphatic carbocycles. The Balaban J connectivity index is 1.96. The SMILES string of the molecule is CN(c1ccccc1)c1nc2c(s1)C(=O)CC(C)(C)C2. The summed E-state index contributed by atoms with van der Waals surface area (Å²) < 4.78 is 0. The first-order valence-electron chi connectivity index (χ1n) is 6.78. The second-order valence-corrected chi connectivity index (χ2v) is 7.09. The summed E-state index contributed by atoms with van der Waals surface area (Å²) in [6.45, 7) is 4.27. The minimum absolute atomic E-state index is 0.0285. The van der Waals surface area contributed by atoms with Crippen molar-refractivity contribution in [2.24, 2.45) is 5.41 Å². The van der Waals surface area contributed by atoms with Gasteiger partial charge in [-0.15, -0.1) is 0 Å². The highest BCUT2D eigenvalue weighted by Crippen LogP contribution is 2.40. The molecule has 0 bridgehead atoms. The van der Waals surface area contributed by atoms with E-state index in [4.69, 9.17) is 4.98 Å². The zero-order valence-corrected chi connectivity index (χ0v) is 12.8. The van der Waals surface area contributed by atoms with Crippen LogP contribution in [0.4, 0.5) is 10.8 Å². The Morgan fingerprint density at radius 1 is 1.20 bits per heavy atom. The lowest BCUT2D eigenvalue weighted by Crippen LogP contribution is -2.26. The number of aromatic nitrogens is 1. The zero-order valence-electron chi connectivity index (χ0n) is 12.0. The number of anilines is 2. The lowest BCUT2D eigenvalue weighted by Gasteiger charge is -2.26. The molecule has 3 nitrogen and oxygen atoms in total. The number of thiazole rings is 1. The third-order valence-electron chi connectivity index (χ3n) is 3.65. The van der Waals surface area contributed by atoms with Crippen molar-refractivity contribution in [1.82, 2.24) is 4.98 Å². The van der Waals surface area contributed by atoms with Crippen LogP contribution in [0.25, 0.3) is 0 Å². The van der Waals surface area contributed by atoms with Crippen molar-refractivity contribution < 1.29 is 4.79 Å². The molecule has 104 valence electrons. The summed E-state index contributed by atoms with van der Waals surface area (Å²) in [6, 6.07) is 10.1. The van der Waals surface area contributed by atoms with Gasteiger partial charge in [-0.1, -0.05) is 43.4 Å². The zero-order chi connectivity index (χ0) is 14.3. The van der Waals surface area contributed by atoms with Crippen LogP contribution >= 0.6 is 11.3 Å². The van der Waals surface area contributed by atoms with E-state index >= 15 is 0 Å². The maximum atomic E-state index is 12.2. The second-order valence-electron chi connectivity index (χ2n) is 6.11. The van der Waals surface area contributed by atoms with Crippen LogP contribution in [-0.4, -0.2) is 17.8 Å². The molecule has 0 saturated heterocycles. The van der Waals surface area contributed by atoms with Crippen LogP contribution in [0.2, 0.25) is 0 Å². The molecule has 0 spiro atoms. The molecular formula is C16H18N2OS. The maximum absolute atomic E-state index is 12.2. The number of ketones is 1. The molecule has 0 N–H and O–H groups in total. The van der Waals surface area contributed by atoms with Gasteiger partial charge in [0, 0.05) is 19.2 Å². The molecule has 0 aliphatic heterocycles. The van der Waals surface area contributed by atoms with Crippen LogP contribution < -0.4 is 4.90 Å². The van der Waals surface area contributed by atoms with Gasteiger partial charge in [0.25, 0.3) is 0 Å². The summed E-state index contributed by atoms with van der Waals surface area (Å²) in [6.07, 6.45) is 1.50. The number of hydrogen-bond donors (Lipinski definition) is 0. The summed E-state index contributed by atoms with van der Waals surface area (Å²) in [4.78, 5) is 19.8. The van der Waals surface area contributed by atoms with Crippen molar-refractivity contribution in [3.8, 4) is 0 Å². The van der Waals surface area contributed by atoms with E-state index < -0.39 is 0 Å². The summed E-state index contributed by atoms with van der Waals surface area (Å²) in [5.74, 6) is 0.237. The van der Waals surface area contributed by atoms with Crippen molar-refractivity contribution >= 4 is 27.9 Å². The first kappa shape index (κ1) is 13.3. The molecular weight excluding hydrogens is 268 g/mol. The first-order valence-corrected chi connectivity index (χ1v) is 7.60. The summed E-state index contributed by atoms with van der Waals surface area (Å²) in [5, 5.41) is 0.896. The number of fused-ring (bicyclic) bond motifs is 1. The minimum atomic E-state index is 0.0285. The number of benzene rings is 1. The van der Waals surface area contributed by atoms with Crippen molar-refractivity contribution in [3.63, 3.8) is 0 Å². The quantitative estimate of drug-likeness (QED) is 0.834. The molecule has 1 aromatic heterocycles.